The molecule has 32 heavy (non-hydrogen) atoms. The molecular formula is C26H29BrN2O3. The van der Waals surface area contributed by atoms with Crippen molar-refractivity contribution in [3.05, 3.63) is 58.1 Å². The fourth-order valence-corrected chi connectivity index (χ4v) is 7.06. The van der Waals surface area contributed by atoms with Gasteiger partial charge < -0.3 is 14.4 Å². The summed E-state index contributed by atoms with van der Waals surface area (Å²) < 4.78 is 12.1. The van der Waals surface area contributed by atoms with Crippen molar-refractivity contribution in [2.24, 2.45) is 17.8 Å². The Labute approximate surface area is 197 Å². The van der Waals surface area contributed by atoms with Crippen molar-refractivity contribution in [1.29, 1.82) is 0 Å². The van der Waals surface area contributed by atoms with Crippen LogP contribution in [0.15, 0.2) is 46.9 Å². The Kier molecular flexibility index (Phi) is 4.99. The smallest absolute Gasteiger partial charge is 0.231 e. The first-order chi connectivity index (χ1) is 15.5. The lowest BCUT2D eigenvalue weighted by atomic mass is 9.79. The molecule has 2 aromatic rings. The van der Waals surface area contributed by atoms with Crippen LogP contribution < -0.4 is 9.47 Å². The standard InChI is InChI=1S/C26H29BrN2O3/c1-15(2)24-22-19-4-3-11-28(19)25(17-6-8-18(27)9-7-17)23(22)26(30)29(24)13-16-5-10-20-21(12-16)32-14-31-20/h5-10,12,15,19,22-25H,3-4,11,13-14H2,1-2H3. The van der Waals surface area contributed by atoms with Gasteiger partial charge in [0.2, 0.25) is 12.7 Å². The third-order valence-electron chi connectivity index (χ3n) is 7.91. The fraction of sp³-hybridized carbons (Fsp3) is 0.500. The highest BCUT2D eigenvalue weighted by Crippen LogP contribution is 2.56. The van der Waals surface area contributed by atoms with Crippen LogP contribution in [0.5, 0.6) is 11.5 Å². The number of carbonyl (C=O) groups is 1. The minimum Gasteiger partial charge on any atom is -0.454 e. The number of likely N-dealkylation sites (tertiary alicyclic amines) is 1. The molecule has 0 aliphatic carbocycles. The second-order valence-electron chi connectivity index (χ2n) is 9.94. The maximum atomic E-state index is 14.1. The summed E-state index contributed by atoms with van der Waals surface area (Å²) in [6.45, 7) is 6.55. The lowest BCUT2D eigenvalue weighted by molar-refractivity contribution is -0.134. The van der Waals surface area contributed by atoms with Gasteiger partial charge in [-0.15, -0.1) is 0 Å². The van der Waals surface area contributed by atoms with Gasteiger partial charge in [0.05, 0.1) is 5.92 Å². The first-order valence-electron chi connectivity index (χ1n) is 11.7. The summed E-state index contributed by atoms with van der Waals surface area (Å²) in [6.07, 6.45) is 2.42. The van der Waals surface area contributed by atoms with Crippen molar-refractivity contribution in [3.63, 3.8) is 0 Å². The second-order valence-corrected chi connectivity index (χ2v) is 10.9. The molecule has 168 valence electrons. The van der Waals surface area contributed by atoms with E-state index in [1.54, 1.807) is 0 Å². The summed E-state index contributed by atoms with van der Waals surface area (Å²) in [5.41, 5.74) is 2.38. The quantitative estimate of drug-likeness (QED) is 0.597. The highest BCUT2D eigenvalue weighted by Gasteiger charge is 2.62. The van der Waals surface area contributed by atoms with E-state index < -0.39 is 0 Å². The van der Waals surface area contributed by atoms with Crippen molar-refractivity contribution in [3.8, 4) is 11.5 Å². The lowest BCUT2D eigenvalue weighted by Crippen LogP contribution is -2.44. The second kappa shape index (κ2) is 7.77. The normalized spacial score (nSPS) is 30.9. The zero-order valence-corrected chi connectivity index (χ0v) is 20.1. The van der Waals surface area contributed by atoms with Crippen molar-refractivity contribution in [2.75, 3.05) is 13.3 Å². The summed E-state index contributed by atoms with van der Waals surface area (Å²) in [7, 11) is 0. The molecular weight excluding hydrogens is 468 g/mol. The first kappa shape index (κ1) is 20.5. The summed E-state index contributed by atoms with van der Waals surface area (Å²) in [5, 5.41) is 0. The van der Waals surface area contributed by atoms with Crippen LogP contribution in [-0.4, -0.2) is 41.1 Å². The number of amides is 1. The molecule has 5 nitrogen and oxygen atoms in total. The van der Waals surface area contributed by atoms with Crippen LogP contribution in [0, 0.1) is 17.8 Å². The molecule has 3 fully saturated rings. The van der Waals surface area contributed by atoms with Gasteiger partial charge in [0, 0.05) is 35.1 Å². The number of halogens is 1. The Morgan fingerprint density at radius 2 is 1.88 bits per heavy atom. The number of nitrogens with zero attached hydrogens (tertiary/aromatic N) is 2. The average molecular weight is 497 g/mol. The van der Waals surface area contributed by atoms with Crippen molar-refractivity contribution < 1.29 is 14.3 Å². The summed E-state index contributed by atoms with van der Waals surface area (Å²) in [4.78, 5) is 18.9. The van der Waals surface area contributed by atoms with E-state index in [4.69, 9.17) is 9.47 Å². The Bertz CT molecular complexity index is 1040. The van der Waals surface area contributed by atoms with Gasteiger partial charge in [0.15, 0.2) is 11.5 Å². The SMILES string of the molecule is CC(C)C1C2C(C(=O)N1Cc1ccc3c(c1)OCO3)C(c1ccc(Br)cc1)N1CCCC21. The Hall–Kier alpha value is -2.05. The van der Waals surface area contributed by atoms with Crippen LogP contribution in [0.2, 0.25) is 0 Å². The molecule has 0 aromatic heterocycles. The van der Waals surface area contributed by atoms with Crippen LogP contribution in [0.1, 0.15) is 43.9 Å². The van der Waals surface area contributed by atoms with E-state index in [1.807, 2.05) is 12.1 Å². The van der Waals surface area contributed by atoms with Gasteiger partial charge >= 0.3 is 0 Å². The van der Waals surface area contributed by atoms with Crippen LogP contribution in [0.25, 0.3) is 0 Å². The van der Waals surface area contributed by atoms with E-state index in [2.05, 4.69) is 69.9 Å². The van der Waals surface area contributed by atoms with E-state index in [0.29, 0.717) is 30.3 Å². The molecule has 0 spiro atoms. The number of fused-ring (bicyclic) bond motifs is 4. The Morgan fingerprint density at radius 1 is 1.09 bits per heavy atom. The van der Waals surface area contributed by atoms with Crippen molar-refractivity contribution >= 4 is 21.8 Å². The summed E-state index contributed by atoms with van der Waals surface area (Å²) >= 11 is 3.57. The van der Waals surface area contributed by atoms with Gasteiger partial charge in [-0.3, -0.25) is 9.69 Å². The largest absolute Gasteiger partial charge is 0.454 e. The number of rotatable bonds is 4. The Morgan fingerprint density at radius 3 is 2.66 bits per heavy atom. The number of benzene rings is 2. The molecule has 4 heterocycles. The van der Waals surface area contributed by atoms with E-state index in [-0.39, 0.29) is 24.8 Å². The van der Waals surface area contributed by atoms with Crippen molar-refractivity contribution in [2.45, 2.75) is 51.4 Å². The van der Waals surface area contributed by atoms with Crippen molar-refractivity contribution in [1.82, 2.24) is 9.80 Å². The molecule has 2 aromatic carbocycles. The third-order valence-corrected chi connectivity index (χ3v) is 8.43. The van der Waals surface area contributed by atoms with Crippen LogP contribution in [-0.2, 0) is 11.3 Å². The van der Waals surface area contributed by atoms with Gasteiger partial charge in [-0.1, -0.05) is 48.0 Å². The van der Waals surface area contributed by atoms with Gasteiger partial charge in [0.25, 0.3) is 0 Å². The van der Waals surface area contributed by atoms with E-state index in [0.717, 1.165) is 28.1 Å². The van der Waals surface area contributed by atoms with Crippen LogP contribution >= 0.6 is 15.9 Å². The van der Waals surface area contributed by atoms with E-state index in [9.17, 15) is 4.79 Å². The predicted octanol–water partition coefficient (Wildman–Crippen LogP) is 5.00. The molecule has 1 amide bonds. The van der Waals surface area contributed by atoms with Gasteiger partial charge in [0.1, 0.15) is 0 Å². The molecule has 5 unspecified atom stereocenters. The number of hydrogen-bond donors (Lipinski definition) is 0. The molecule has 0 saturated carbocycles. The maximum Gasteiger partial charge on any atom is 0.231 e. The monoisotopic (exact) mass is 496 g/mol. The average Bonchev–Trinajstić information content (AvgIpc) is 3.52. The molecule has 3 saturated heterocycles. The fourth-order valence-electron chi connectivity index (χ4n) is 6.80. The minimum atomic E-state index is 0.0305. The lowest BCUT2D eigenvalue weighted by Gasteiger charge is -2.35. The zero-order valence-electron chi connectivity index (χ0n) is 18.5. The molecule has 6 rings (SSSR count). The van der Waals surface area contributed by atoms with Gasteiger partial charge in [-0.25, -0.2) is 0 Å². The minimum absolute atomic E-state index is 0.0305. The van der Waals surface area contributed by atoms with Crippen LogP contribution in [0.4, 0.5) is 0 Å². The molecule has 4 aliphatic rings. The first-order valence-corrected chi connectivity index (χ1v) is 12.5. The Balaban J connectivity index is 1.37. The zero-order chi connectivity index (χ0) is 22.0. The number of hydrogen-bond acceptors (Lipinski definition) is 4. The molecule has 4 aliphatic heterocycles. The predicted molar refractivity (Wildman–Crippen MR) is 125 cm³/mol. The number of ether oxygens (including phenoxy) is 2. The molecule has 0 radical (unpaired) electrons. The highest BCUT2D eigenvalue weighted by molar-refractivity contribution is 9.10. The molecule has 6 heteroatoms. The molecule has 0 bridgehead atoms. The van der Waals surface area contributed by atoms with Crippen LogP contribution in [0.3, 0.4) is 0 Å². The van der Waals surface area contributed by atoms with Gasteiger partial charge in [-0.05, 0) is 60.7 Å². The molecule has 5 atom stereocenters. The van der Waals surface area contributed by atoms with E-state index in [1.165, 1.54) is 18.4 Å². The highest BCUT2D eigenvalue weighted by atomic mass is 79.9. The summed E-state index contributed by atoms with van der Waals surface area (Å²) in [6, 6.07) is 15.6. The topological polar surface area (TPSA) is 42.0 Å². The number of carbonyl (C=O) groups excluding carboxylic acids is 1. The molecule has 0 N–H and O–H groups in total. The maximum absolute atomic E-state index is 14.1. The van der Waals surface area contributed by atoms with Gasteiger partial charge in [-0.2, -0.15) is 0 Å². The summed E-state index contributed by atoms with van der Waals surface area (Å²) in [5.74, 6) is 2.71. The third kappa shape index (κ3) is 3.10. The van der Waals surface area contributed by atoms with E-state index >= 15 is 0 Å².